The first kappa shape index (κ1) is 9.85. The lowest BCUT2D eigenvalue weighted by molar-refractivity contribution is -0.0898. The van der Waals surface area contributed by atoms with E-state index in [2.05, 4.69) is 14.2 Å². The Labute approximate surface area is 64.1 Å². The first-order chi connectivity index (χ1) is 5.07. The molecule has 0 radical (unpaired) electrons. The van der Waals surface area contributed by atoms with Gasteiger partial charge in [-0.25, -0.2) is 4.79 Å². The fraction of sp³-hybridized carbons (Fsp3) is 0.667. The van der Waals surface area contributed by atoms with Gasteiger partial charge in [0.1, 0.15) is 0 Å². The molecule has 0 aliphatic rings. The molecule has 0 aromatic carbocycles. The lowest BCUT2D eigenvalue weighted by Gasteiger charge is -2.08. The summed E-state index contributed by atoms with van der Waals surface area (Å²) in [4.78, 5) is 18.7. The fourth-order valence-corrected chi connectivity index (χ4v) is 0.319. The van der Waals surface area contributed by atoms with Crippen LogP contribution >= 0.6 is 0 Å². The van der Waals surface area contributed by atoms with Crippen LogP contribution in [0, 0.1) is 0 Å². The van der Waals surface area contributed by atoms with Crippen molar-refractivity contribution in [1.82, 2.24) is 5.06 Å². The molecule has 0 rings (SSSR count). The zero-order valence-corrected chi connectivity index (χ0v) is 6.66. The lowest BCUT2D eigenvalue weighted by atomic mass is 11.1. The number of nitrogens with zero attached hydrogens (tertiary/aromatic N) is 2. The molecule has 0 saturated carbocycles. The summed E-state index contributed by atoms with van der Waals surface area (Å²) >= 11 is 0. The van der Waals surface area contributed by atoms with Crippen LogP contribution in [0.25, 0.3) is 0 Å². The zero-order valence-electron chi connectivity index (χ0n) is 5.84. The third kappa shape index (κ3) is 4.28. The van der Waals surface area contributed by atoms with Crippen molar-refractivity contribution in [2.24, 2.45) is 4.53 Å². The van der Waals surface area contributed by atoms with Gasteiger partial charge in [-0.3, -0.25) is 9.68 Å². The van der Waals surface area contributed by atoms with Crippen LogP contribution in [0.15, 0.2) is 4.53 Å². The maximum absolute atomic E-state index is 10.5. The van der Waals surface area contributed by atoms with Gasteiger partial charge in [-0.2, -0.15) is 13.5 Å². The number of carbonyl (C=O) groups is 1. The normalized spacial score (nSPS) is 8.55. The quantitative estimate of drug-likeness (QED) is 0.542. The standard InChI is InChI=1S/C3H6N2O5S/c1-5(9-2)3(6)10-4-11(7)8/h1-2H3. The fourth-order valence-electron chi connectivity index (χ4n) is 0.194. The molecule has 0 aromatic heterocycles. The molecule has 0 atom stereocenters. The second-order valence-corrected chi connectivity index (χ2v) is 1.91. The molecule has 64 valence electrons. The molecule has 0 heterocycles. The highest BCUT2D eigenvalue weighted by atomic mass is 32.2. The van der Waals surface area contributed by atoms with E-state index in [1.54, 1.807) is 0 Å². The Kier molecular flexibility index (Phi) is 4.15. The van der Waals surface area contributed by atoms with E-state index in [-0.39, 0.29) is 0 Å². The highest BCUT2D eigenvalue weighted by Crippen LogP contribution is 1.88. The summed E-state index contributed by atoms with van der Waals surface area (Å²) in [6, 6.07) is 0. The minimum absolute atomic E-state index is 0.677. The first-order valence-corrected chi connectivity index (χ1v) is 3.40. The number of rotatable bonds is 2. The minimum atomic E-state index is -2.75. The van der Waals surface area contributed by atoms with Crippen molar-refractivity contribution in [2.45, 2.75) is 0 Å². The topological polar surface area (TPSA) is 85.3 Å². The molecule has 0 aromatic rings. The SMILES string of the molecule is CON(C)C(=O)ON=S(=O)=O. The van der Waals surface area contributed by atoms with E-state index in [1.165, 1.54) is 14.2 Å². The minimum Gasteiger partial charge on any atom is -0.280 e. The summed E-state index contributed by atoms with van der Waals surface area (Å²) in [5, 5.41) is 0.677. The number of hydrogen-bond donors (Lipinski definition) is 0. The molecule has 0 spiro atoms. The van der Waals surface area contributed by atoms with Crippen LogP contribution in [-0.2, 0) is 20.2 Å². The van der Waals surface area contributed by atoms with Crippen LogP contribution in [0.3, 0.4) is 0 Å². The van der Waals surface area contributed by atoms with Crippen LogP contribution in [0.1, 0.15) is 0 Å². The molecule has 0 fully saturated rings. The van der Waals surface area contributed by atoms with E-state index in [0.29, 0.717) is 5.06 Å². The van der Waals surface area contributed by atoms with Crippen molar-refractivity contribution in [1.29, 1.82) is 0 Å². The predicted molar refractivity (Wildman–Crippen MR) is 32.6 cm³/mol. The second kappa shape index (κ2) is 4.63. The molecule has 0 unspecified atom stereocenters. The largest absolute Gasteiger partial charge is 0.460 e. The molecule has 0 aliphatic carbocycles. The van der Waals surface area contributed by atoms with Crippen LogP contribution in [0.5, 0.6) is 0 Å². The smallest absolute Gasteiger partial charge is 0.280 e. The Morgan fingerprint density at radius 2 is 2.09 bits per heavy atom. The van der Waals surface area contributed by atoms with Crippen molar-refractivity contribution in [2.75, 3.05) is 14.2 Å². The van der Waals surface area contributed by atoms with Gasteiger partial charge in [0.05, 0.1) is 11.6 Å². The van der Waals surface area contributed by atoms with Crippen molar-refractivity contribution >= 4 is 16.6 Å². The van der Waals surface area contributed by atoms with Crippen molar-refractivity contribution < 1.29 is 22.9 Å². The average Bonchev–Trinajstić information content (AvgIpc) is 1.98. The Morgan fingerprint density at radius 1 is 1.55 bits per heavy atom. The Bertz CT molecular complexity index is 249. The van der Waals surface area contributed by atoms with E-state index < -0.39 is 16.6 Å². The molecular formula is C3H6N2O5S. The number of amides is 1. The molecule has 7 nitrogen and oxygen atoms in total. The van der Waals surface area contributed by atoms with E-state index in [9.17, 15) is 13.2 Å². The van der Waals surface area contributed by atoms with Crippen LogP contribution in [-0.4, -0.2) is 33.7 Å². The van der Waals surface area contributed by atoms with Gasteiger partial charge in [0.15, 0.2) is 0 Å². The number of carbonyl (C=O) groups excluding carboxylic acids is 1. The number of hydrogen-bond acceptors (Lipinski definition) is 6. The van der Waals surface area contributed by atoms with Crippen molar-refractivity contribution in [3.05, 3.63) is 0 Å². The molecule has 11 heavy (non-hydrogen) atoms. The zero-order chi connectivity index (χ0) is 8.85. The summed E-state index contributed by atoms with van der Waals surface area (Å²) in [7, 11) is -0.296. The summed E-state index contributed by atoms with van der Waals surface area (Å²) in [6.45, 7) is 0. The maximum Gasteiger partial charge on any atom is 0.460 e. The maximum atomic E-state index is 10.5. The van der Waals surface area contributed by atoms with Gasteiger partial charge in [0.2, 0.25) is 0 Å². The third-order valence-corrected chi connectivity index (χ3v) is 0.903. The molecule has 0 aliphatic heterocycles. The van der Waals surface area contributed by atoms with E-state index in [0.717, 1.165) is 0 Å². The highest BCUT2D eigenvalue weighted by molar-refractivity contribution is 7.61. The van der Waals surface area contributed by atoms with Crippen LogP contribution in [0.2, 0.25) is 0 Å². The van der Waals surface area contributed by atoms with Gasteiger partial charge in [-0.05, 0) is 0 Å². The van der Waals surface area contributed by atoms with Crippen molar-refractivity contribution in [3.63, 3.8) is 0 Å². The molecule has 0 saturated heterocycles. The number of hydroxylamine groups is 2. The van der Waals surface area contributed by atoms with Gasteiger partial charge < -0.3 is 0 Å². The molecule has 8 heteroatoms. The van der Waals surface area contributed by atoms with Gasteiger partial charge in [0, 0.05) is 7.05 Å². The van der Waals surface area contributed by atoms with Crippen LogP contribution in [0.4, 0.5) is 4.79 Å². The van der Waals surface area contributed by atoms with E-state index >= 15 is 0 Å². The molecular weight excluding hydrogens is 176 g/mol. The predicted octanol–water partition coefficient (Wildman–Crippen LogP) is -0.406. The Hall–Kier alpha value is -1.15. The highest BCUT2D eigenvalue weighted by Gasteiger charge is 2.08. The Morgan fingerprint density at radius 3 is 2.45 bits per heavy atom. The first-order valence-electron chi connectivity index (χ1n) is 2.37. The van der Waals surface area contributed by atoms with Gasteiger partial charge >= 0.3 is 16.6 Å². The van der Waals surface area contributed by atoms with Crippen LogP contribution < -0.4 is 0 Å². The monoisotopic (exact) mass is 182 g/mol. The van der Waals surface area contributed by atoms with Crippen molar-refractivity contribution in [3.8, 4) is 0 Å². The van der Waals surface area contributed by atoms with Gasteiger partial charge in [0.25, 0.3) is 0 Å². The third-order valence-electron chi connectivity index (χ3n) is 0.707. The molecule has 1 amide bonds. The molecule has 0 N–H and O–H groups in total. The second-order valence-electron chi connectivity index (χ2n) is 1.33. The van der Waals surface area contributed by atoms with E-state index in [1.807, 2.05) is 0 Å². The summed E-state index contributed by atoms with van der Waals surface area (Å²) in [5.41, 5.74) is 0. The van der Waals surface area contributed by atoms with Gasteiger partial charge in [-0.15, -0.1) is 0 Å². The summed E-state index contributed by atoms with van der Waals surface area (Å²) in [5.74, 6) is 0. The lowest BCUT2D eigenvalue weighted by Crippen LogP contribution is -2.24. The van der Waals surface area contributed by atoms with Gasteiger partial charge in [-0.1, -0.05) is 0 Å². The summed E-state index contributed by atoms with van der Waals surface area (Å²) in [6.07, 6.45) is -1.02. The average molecular weight is 182 g/mol. The van der Waals surface area contributed by atoms with E-state index in [4.69, 9.17) is 0 Å². The Balaban J connectivity index is 3.99. The molecule has 0 bridgehead atoms. The summed E-state index contributed by atoms with van der Waals surface area (Å²) < 4.78 is 21.9.